The second-order valence-electron chi connectivity index (χ2n) is 8.03. The van der Waals surface area contributed by atoms with Gasteiger partial charge in [0.2, 0.25) is 0 Å². The molecule has 0 aliphatic heterocycles. The van der Waals surface area contributed by atoms with E-state index in [9.17, 15) is 0 Å². The molecule has 0 radical (unpaired) electrons. The summed E-state index contributed by atoms with van der Waals surface area (Å²) in [7, 11) is -1.88. The molecular formula is C23H23ClO2Si. The van der Waals surface area contributed by atoms with Crippen LogP contribution < -0.4 is 0 Å². The molecule has 3 aromatic rings. The minimum Gasteiger partial charge on any atom is -0.464 e. The molecule has 27 heavy (non-hydrogen) atoms. The molecule has 0 saturated heterocycles. The van der Waals surface area contributed by atoms with Crippen molar-refractivity contribution in [2.75, 3.05) is 0 Å². The lowest BCUT2D eigenvalue weighted by atomic mass is 9.87. The van der Waals surface area contributed by atoms with Crippen molar-refractivity contribution in [3.05, 3.63) is 94.4 Å². The number of fused-ring (bicyclic) bond motifs is 1. The van der Waals surface area contributed by atoms with Gasteiger partial charge in [-0.15, -0.1) is 0 Å². The molecule has 0 saturated carbocycles. The third kappa shape index (κ3) is 3.20. The quantitative estimate of drug-likeness (QED) is 0.445. The monoisotopic (exact) mass is 394 g/mol. The molecule has 1 aliphatic carbocycles. The summed E-state index contributed by atoms with van der Waals surface area (Å²) in [6.45, 7) is 8.82. The van der Waals surface area contributed by atoms with E-state index in [-0.39, 0.29) is 0 Å². The van der Waals surface area contributed by atoms with Crippen LogP contribution in [0.1, 0.15) is 29.4 Å². The zero-order valence-corrected chi connectivity index (χ0v) is 17.8. The lowest BCUT2D eigenvalue weighted by Crippen LogP contribution is -2.38. The van der Waals surface area contributed by atoms with Gasteiger partial charge in [-0.2, -0.15) is 0 Å². The van der Waals surface area contributed by atoms with Crippen molar-refractivity contribution in [3.8, 4) is 0 Å². The fraction of sp³-hybridized carbons (Fsp3) is 0.217. The van der Waals surface area contributed by atoms with Crippen molar-refractivity contribution >= 4 is 31.1 Å². The van der Waals surface area contributed by atoms with Crippen molar-refractivity contribution in [1.82, 2.24) is 0 Å². The average Bonchev–Trinajstić information content (AvgIpc) is 3.20. The molecule has 0 bridgehead atoms. The second kappa shape index (κ2) is 6.52. The van der Waals surface area contributed by atoms with Crippen LogP contribution in [0, 0.1) is 0 Å². The molecule has 1 unspecified atom stereocenters. The van der Waals surface area contributed by atoms with E-state index in [2.05, 4.69) is 56.9 Å². The van der Waals surface area contributed by atoms with Gasteiger partial charge in [-0.1, -0.05) is 48.0 Å². The first-order valence-electron chi connectivity index (χ1n) is 9.14. The topological polar surface area (TPSA) is 22.4 Å². The van der Waals surface area contributed by atoms with Crippen LogP contribution in [-0.4, -0.2) is 8.32 Å². The van der Waals surface area contributed by atoms with Crippen molar-refractivity contribution in [1.29, 1.82) is 0 Å². The van der Waals surface area contributed by atoms with E-state index in [1.165, 1.54) is 0 Å². The molecule has 2 nitrogen and oxygen atoms in total. The van der Waals surface area contributed by atoms with Gasteiger partial charge in [0.05, 0.1) is 6.26 Å². The molecular weight excluding hydrogens is 372 g/mol. The maximum atomic E-state index is 6.84. The summed E-state index contributed by atoms with van der Waals surface area (Å²) >= 11 is 6.40. The van der Waals surface area contributed by atoms with Gasteiger partial charge in [0.25, 0.3) is 0 Å². The molecule has 0 N–H and O–H groups in total. The van der Waals surface area contributed by atoms with Crippen molar-refractivity contribution in [2.24, 2.45) is 0 Å². The number of hydrogen-bond donors (Lipinski definition) is 0. The first kappa shape index (κ1) is 18.3. The van der Waals surface area contributed by atoms with Crippen molar-refractivity contribution in [3.63, 3.8) is 0 Å². The van der Waals surface area contributed by atoms with Crippen LogP contribution in [0.25, 0.3) is 11.1 Å². The molecule has 1 aliphatic rings. The van der Waals surface area contributed by atoms with Crippen LogP contribution in [0.5, 0.6) is 0 Å². The highest BCUT2D eigenvalue weighted by Gasteiger charge is 2.46. The highest BCUT2D eigenvalue weighted by Crippen LogP contribution is 2.55. The van der Waals surface area contributed by atoms with E-state index < -0.39 is 13.9 Å². The van der Waals surface area contributed by atoms with Gasteiger partial charge in [0.1, 0.15) is 11.4 Å². The van der Waals surface area contributed by atoms with Gasteiger partial charge >= 0.3 is 0 Å². The maximum absolute atomic E-state index is 6.84. The summed E-state index contributed by atoms with van der Waals surface area (Å²) in [6, 6.07) is 20.4. The number of rotatable bonds is 4. The highest BCUT2D eigenvalue weighted by molar-refractivity contribution is 6.70. The molecule has 4 rings (SSSR count). The SMILES string of the molecule is CC1(O[Si](C)(C)C)C(c2ccccc2)=C(c2ccco2)c2ccc(Cl)cc21. The van der Waals surface area contributed by atoms with Crippen LogP contribution in [0.3, 0.4) is 0 Å². The Balaban J connectivity index is 2.08. The van der Waals surface area contributed by atoms with Gasteiger partial charge in [-0.05, 0) is 67.5 Å². The summed E-state index contributed by atoms with van der Waals surface area (Å²) in [5.74, 6) is 0.848. The Morgan fingerprint density at radius 3 is 2.33 bits per heavy atom. The second-order valence-corrected chi connectivity index (χ2v) is 12.9. The molecule has 0 spiro atoms. The third-order valence-corrected chi connectivity index (χ3v) is 6.09. The predicted octanol–water partition coefficient (Wildman–Crippen LogP) is 6.97. The Bertz CT molecular complexity index is 1000. The van der Waals surface area contributed by atoms with Crippen molar-refractivity contribution in [2.45, 2.75) is 32.2 Å². The van der Waals surface area contributed by atoms with Crippen LogP contribution in [0.15, 0.2) is 71.3 Å². The van der Waals surface area contributed by atoms with Crippen LogP contribution >= 0.6 is 11.6 Å². The van der Waals surface area contributed by atoms with Gasteiger partial charge in [-0.25, -0.2) is 0 Å². The summed E-state index contributed by atoms with van der Waals surface area (Å²) in [5.41, 5.74) is 4.98. The van der Waals surface area contributed by atoms with Gasteiger partial charge in [0.15, 0.2) is 8.32 Å². The molecule has 2 aromatic carbocycles. The molecule has 138 valence electrons. The van der Waals surface area contributed by atoms with Gasteiger partial charge in [0, 0.05) is 16.2 Å². The smallest absolute Gasteiger partial charge is 0.185 e. The summed E-state index contributed by atoms with van der Waals surface area (Å²) in [4.78, 5) is 0. The van der Waals surface area contributed by atoms with E-state index >= 15 is 0 Å². The summed E-state index contributed by atoms with van der Waals surface area (Å²) in [5, 5.41) is 0.715. The standard InChI is InChI=1S/C23H23ClO2Si/c1-23(26-27(2,3)4)19-15-17(24)12-13-18(19)21(20-11-8-14-25-20)22(23)16-9-6-5-7-10-16/h5-15H,1-4H3. The summed E-state index contributed by atoms with van der Waals surface area (Å²) < 4.78 is 12.7. The first-order valence-corrected chi connectivity index (χ1v) is 12.9. The van der Waals surface area contributed by atoms with E-state index in [1.54, 1.807) is 6.26 Å². The fourth-order valence-corrected chi connectivity index (χ4v) is 5.67. The van der Waals surface area contributed by atoms with Gasteiger partial charge < -0.3 is 8.84 Å². The minimum atomic E-state index is -1.88. The Morgan fingerprint density at radius 1 is 0.963 bits per heavy atom. The highest BCUT2D eigenvalue weighted by atomic mass is 35.5. The van der Waals surface area contributed by atoms with Crippen molar-refractivity contribution < 1.29 is 8.84 Å². The van der Waals surface area contributed by atoms with Crippen LogP contribution in [-0.2, 0) is 10.0 Å². The predicted molar refractivity (Wildman–Crippen MR) is 114 cm³/mol. The number of halogens is 1. The first-order chi connectivity index (χ1) is 12.8. The normalized spacial score (nSPS) is 19.4. The molecule has 1 aromatic heterocycles. The Morgan fingerprint density at radius 2 is 1.70 bits per heavy atom. The van der Waals surface area contributed by atoms with Crippen LogP contribution in [0.4, 0.5) is 0 Å². The molecule has 4 heteroatoms. The Hall–Kier alpha value is -2.07. The van der Waals surface area contributed by atoms with E-state index in [0.29, 0.717) is 5.02 Å². The zero-order chi connectivity index (χ0) is 19.2. The maximum Gasteiger partial charge on any atom is 0.185 e. The molecule has 0 amide bonds. The fourth-order valence-electron chi connectivity index (χ4n) is 4.06. The molecule has 1 atom stereocenters. The summed E-state index contributed by atoms with van der Waals surface area (Å²) in [6.07, 6.45) is 1.72. The average molecular weight is 395 g/mol. The lowest BCUT2D eigenvalue weighted by Gasteiger charge is -2.36. The largest absolute Gasteiger partial charge is 0.464 e. The molecule has 0 fully saturated rings. The Kier molecular flexibility index (Phi) is 4.42. The molecule has 1 heterocycles. The van der Waals surface area contributed by atoms with Gasteiger partial charge in [-0.3, -0.25) is 0 Å². The van der Waals surface area contributed by atoms with E-state index in [1.807, 2.05) is 30.3 Å². The number of benzene rings is 2. The number of furan rings is 1. The van der Waals surface area contributed by atoms with E-state index in [0.717, 1.165) is 33.6 Å². The third-order valence-electron chi connectivity index (χ3n) is 4.83. The van der Waals surface area contributed by atoms with Crippen LogP contribution in [0.2, 0.25) is 24.7 Å². The Labute approximate surface area is 166 Å². The van der Waals surface area contributed by atoms with E-state index in [4.69, 9.17) is 20.4 Å². The number of hydrogen-bond acceptors (Lipinski definition) is 2. The lowest BCUT2D eigenvalue weighted by molar-refractivity contribution is 0.146. The minimum absolute atomic E-state index is 0.589. The zero-order valence-electron chi connectivity index (χ0n) is 16.0.